The van der Waals surface area contributed by atoms with E-state index < -0.39 is 4.92 Å². The van der Waals surface area contributed by atoms with Crippen LogP contribution < -0.4 is 20.5 Å². The Bertz CT molecular complexity index is 535. The Kier molecular flexibility index (Phi) is 3.35. The standard InChI is InChI=1S/C13H17N3O4/c14-8-2-1-3-9(8)15-10-6-12-13(20-5-4-19-12)7-11(10)16(17)18/h6-9,15H,1-5,14H2. The van der Waals surface area contributed by atoms with Gasteiger partial charge in [-0.2, -0.15) is 0 Å². The highest BCUT2D eigenvalue weighted by atomic mass is 16.6. The van der Waals surface area contributed by atoms with Crippen molar-refractivity contribution in [1.82, 2.24) is 0 Å². The minimum absolute atomic E-state index is 0.00616. The fourth-order valence-corrected chi connectivity index (χ4v) is 2.71. The second kappa shape index (κ2) is 5.16. The molecule has 0 bridgehead atoms. The molecule has 3 N–H and O–H groups in total. The van der Waals surface area contributed by atoms with Gasteiger partial charge in [0, 0.05) is 18.2 Å². The van der Waals surface area contributed by atoms with Crippen LogP contribution in [0.5, 0.6) is 11.5 Å². The molecule has 1 saturated carbocycles. The summed E-state index contributed by atoms with van der Waals surface area (Å²) in [7, 11) is 0. The number of ether oxygens (including phenoxy) is 2. The molecule has 0 radical (unpaired) electrons. The Morgan fingerprint density at radius 3 is 2.55 bits per heavy atom. The molecular weight excluding hydrogens is 262 g/mol. The Morgan fingerprint density at radius 1 is 1.25 bits per heavy atom. The lowest BCUT2D eigenvalue weighted by Crippen LogP contribution is -2.35. The number of anilines is 1. The van der Waals surface area contributed by atoms with Crippen molar-refractivity contribution in [3.05, 3.63) is 22.2 Å². The van der Waals surface area contributed by atoms with E-state index in [-0.39, 0.29) is 17.8 Å². The van der Waals surface area contributed by atoms with Gasteiger partial charge in [0.25, 0.3) is 5.69 Å². The molecule has 0 saturated heterocycles. The molecule has 0 aromatic heterocycles. The van der Waals surface area contributed by atoms with Gasteiger partial charge in [-0.25, -0.2) is 0 Å². The van der Waals surface area contributed by atoms with E-state index in [1.807, 2.05) is 0 Å². The van der Waals surface area contributed by atoms with Gasteiger partial charge < -0.3 is 20.5 Å². The first-order valence-electron chi connectivity index (χ1n) is 6.75. The van der Waals surface area contributed by atoms with E-state index in [2.05, 4.69) is 5.32 Å². The zero-order chi connectivity index (χ0) is 14.1. The van der Waals surface area contributed by atoms with Gasteiger partial charge in [-0.3, -0.25) is 10.1 Å². The van der Waals surface area contributed by atoms with Crippen molar-refractivity contribution in [3.63, 3.8) is 0 Å². The molecule has 20 heavy (non-hydrogen) atoms. The highest BCUT2D eigenvalue weighted by molar-refractivity contribution is 5.69. The Hall–Kier alpha value is -2.02. The molecule has 1 aliphatic carbocycles. The number of nitro benzene ring substituents is 1. The van der Waals surface area contributed by atoms with Crippen LogP contribution in [0.15, 0.2) is 12.1 Å². The lowest BCUT2D eigenvalue weighted by Gasteiger charge is -2.22. The number of nitrogens with one attached hydrogen (secondary N) is 1. The zero-order valence-electron chi connectivity index (χ0n) is 11.0. The molecule has 1 heterocycles. The third kappa shape index (κ3) is 2.36. The van der Waals surface area contributed by atoms with Crippen LogP contribution in [0, 0.1) is 10.1 Å². The van der Waals surface area contributed by atoms with Gasteiger partial charge in [0.1, 0.15) is 18.9 Å². The van der Waals surface area contributed by atoms with Crippen molar-refractivity contribution in [2.45, 2.75) is 31.3 Å². The van der Waals surface area contributed by atoms with Crippen LogP contribution in [0.25, 0.3) is 0 Å². The molecule has 2 atom stereocenters. The van der Waals surface area contributed by atoms with E-state index in [9.17, 15) is 10.1 Å². The van der Waals surface area contributed by atoms with Crippen LogP contribution in [0.1, 0.15) is 19.3 Å². The van der Waals surface area contributed by atoms with Crippen molar-refractivity contribution in [1.29, 1.82) is 0 Å². The molecule has 1 aliphatic heterocycles. The predicted octanol–water partition coefficient (Wildman–Crippen LogP) is 1.66. The smallest absolute Gasteiger partial charge is 0.296 e. The van der Waals surface area contributed by atoms with Crippen LogP contribution in [0.3, 0.4) is 0 Å². The molecule has 7 heteroatoms. The van der Waals surface area contributed by atoms with E-state index in [1.54, 1.807) is 6.07 Å². The average Bonchev–Trinajstić information content (AvgIpc) is 2.83. The number of nitro groups is 1. The monoisotopic (exact) mass is 279 g/mol. The van der Waals surface area contributed by atoms with Crippen molar-refractivity contribution >= 4 is 11.4 Å². The zero-order valence-corrected chi connectivity index (χ0v) is 11.0. The predicted molar refractivity (Wildman–Crippen MR) is 73.3 cm³/mol. The normalized spacial score (nSPS) is 24.4. The van der Waals surface area contributed by atoms with Gasteiger partial charge in [0.15, 0.2) is 11.5 Å². The fraction of sp³-hybridized carbons (Fsp3) is 0.538. The second-order valence-corrected chi connectivity index (χ2v) is 5.12. The Balaban J connectivity index is 1.93. The van der Waals surface area contributed by atoms with Crippen molar-refractivity contribution in [2.75, 3.05) is 18.5 Å². The third-order valence-corrected chi connectivity index (χ3v) is 3.77. The summed E-state index contributed by atoms with van der Waals surface area (Å²) in [5, 5.41) is 14.4. The summed E-state index contributed by atoms with van der Waals surface area (Å²) < 4.78 is 10.8. The first-order chi connectivity index (χ1) is 9.65. The Labute approximate surface area is 116 Å². The summed E-state index contributed by atoms with van der Waals surface area (Å²) in [5.41, 5.74) is 6.44. The average molecular weight is 279 g/mol. The molecule has 108 valence electrons. The highest BCUT2D eigenvalue weighted by Gasteiger charge is 2.28. The van der Waals surface area contributed by atoms with Gasteiger partial charge in [0.2, 0.25) is 0 Å². The van der Waals surface area contributed by atoms with Gasteiger partial charge in [0.05, 0.1) is 11.0 Å². The number of rotatable bonds is 3. The summed E-state index contributed by atoms with van der Waals surface area (Å²) in [6.07, 6.45) is 2.90. The van der Waals surface area contributed by atoms with Gasteiger partial charge >= 0.3 is 0 Å². The molecule has 1 fully saturated rings. The first-order valence-corrected chi connectivity index (χ1v) is 6.75. The Morgan fingerprint density at radius 2 is 1.95 bits per heavy atom. The number of fused-ring (bicyclic) bond motifs is 1. The maximum absolute atomic E-state index is 11.2. The largest absolute Gasteiger partial charge is 0.486 e. The van der Waals surface area contributed by atoms with Crippen LogP contribution in [0.2, 0.25) is 0 Å². The summed E-state index contributed by atoms with van der Waals surface area (Å²) in [5.74, 6) is 0.958. The van der Waals surface area contributed by atoms with Gasteiger partial charge in [-0.05, 0) is 19.3 Å². The quantitative estimate of drug-likeness (QED) is 0.644. The van der Waals surface area contributed by atoms with E-state index in [1.165, 1.54) is 6.07 Å². The molecule has 0 amide bonds. The number of hydrogen-bond acceptors (Lipinski definition) is 6. The summed E-state index contributed by atoms with van der Waals surface area (Å²) >= 11 is 0. The van der Waals surface area contributed by atoms with Gasteiger partial charge in [-0.15, -0.1) is 0 Å². The lowest BCUT2D eigenvalue weighted by atomic mass is 10.1. The SMILES string of the molecule is NC1CCCC1Nc1cc2c(cc1[N+](=O)[O-])OCCO2. The molecule has 2 aliphatic rings. The molecule has 1 aromatic carbocycles. The maximum atomic E-state index is 11.2. The van der Waals surface area contributed by atoms with E-state index in [4.69, 9.17) is 15.2 Å². The maximum Gasteiger partial charge on any atom is 0.296 e. The van der Waals surface area contributed by atoms with Crippen LogP contribution in [-0.2, 0) is 0 Å². The molecular formula is C13H17N3O4. The molecule has 3 rings (SSSR count). The topological polar surface area (TPSA) is 99.7 Å². The van der Waals surface area contributed by atoms with Crippen LogP contribution >= 0.6 is 0 Å². The lowest BCUT2D eigenvalue weighted by molar-refractivity contribution is -0.384. The minimum Gasteiger partial charge on any atom is -0.486 e. The van der Waals surface area contributed by atoms with Crippen molar-refractivity contribution in [2.24, 2.45) is 5.73 Å². The summed E-state index contributed by atoms with van der Waals surface area (Å²) in [4.78, 5) is 10.8. The summed E-state index contributed by atoms with van der Waals surface area (Å²) in [6.45, 7) is 0.859. The minimum atomic E-state index is -0.416. The number of benzene rings is 1. The van der Waals surface area contributed by atoms with Crippen LogP contribution in [-0.4, -0.2) is 30.2 Å². The van der Waals surface area contributed by atoms with E-state index >= 15 is 0 Å². The number of nitrogens with two attached hydrogens (primary N) is 1. The third-order valence-electron chi connectivity index (χ3n) is 3.77. The highest BCUT2D eigenvalue weighted by Crippen LogP contribution is 2.40. The number of nitrogens with zero attached hydrogens (tertiary/aromatic N) is 1. The molecule has 7 nitrogen and oxygen atoms in total. The molecule has 2 unspecified atom stereocenters. The van der Waals surface area contributed by atoms with E-state index in [0.717, 1.165) is 19.3 Å². The fourth-order valence-electron chi connectivity index (χ4n) is 2.71. The first kappa shape index (κ1) is 13.0. The summed E-state index contributed by atoms with van der Waals surface area (Å²) in [6, 6.07) is 3.15. The van der Waals surface area contributed by atoms with Crippen molar-refractivity contribution in [3.8, 4) is 11.5 Å². The molecule has 1 aromatic rings. The number of hydrogen-bond donors (Lipinski definition) is 2. The van der Waals surface area contributed by atoms with Crippen LogP contribution in [0.4, 0.5) is 11.4 Å². The second-order valence-electron chi connectivity index (χ2n) is 5.12. The molecule has 0 spiro atoms. The van der Waals surface area contributed by atoms with Crippen molar-refractivity contribution < 1.29 is 14.4 Å². The van der Waals surface area contributed by atoms with E-state index in [0.29, 0.717) is 30.4 Å². The van der Waals surface area contributed by atoms with Gasteiger partial charge in [-0.1, -0.05) is 0 Å².